The summed E-state index contributed by atoms with van der Waals surface area (Å²) in [6, 6.07) is 5.37. The van der Waals surface area contributed by atoms with Gasteiger partial charge in [0.15, 0.2) is 6.17 Å². The van der Waals surface area contributed by atoms with Gasteiger partial charge >= 0.3 is 0 Å². The molecule has 1 aliphatic rings. The first-order valence-electron chi connectivity index (χ1n) is 7.51. The van der Waals surface area contributed by atoms with Gasteiger partial charge in [0.05, 0.1) is 34.2 Å². The van der Waals surface area contributed by atoms with Gasteiger partial charge < -0.3 is 9.32 Å². The molecule has 0 saturated heterocycles. The number of carbonyl (C=O) groups excluding carboxylic acids is 1. The first kappa shape index (κ1) is 16.2. The van der Waals surface area contributed by atoms with Crippen LogP contribution in [0.25, 0.3) is 11.5 Å². The van der Waals surface area contributed by atoms with Gasteiger partial charge in [0, 0.05) is 11.1 Å². The number of hydrogen-bond acceptors (Lipinski definition) is 6. The van der Waals surface area contributed by atoms with Crippen molar-refractivity contribution in [3.63, 3.8) is 0 Å². The number of alkyl halides is 1. The Morgan fingerprint density at radius 3 is 2.96 bits per heavy atom. The Hall–Kier alpha value is -2.32. The fourth-order valence-electron chi connectivity index (χ4n) is 2.61. The highest BCUT2D eigenvalue weighted by atomic mass is 35.5. The Balaban J connectivity index is 1.59. The van der Waals surface area contributed by atoms with Crippen LogP contribution in [0, 0.1) is 0 Å². The predicted octanol–water partition coefficient (Wildman–Crippen LogP) is 4.03. The van der Waals surface area contributed by atoms with Crippen molar-refractivity contribution >= 4 is 28.8 Å². The van der Waals surface area contributed by atoms with E-state index in [9.17, 15) is 9.18 Å². The van der Waals surface area contributed by atoms with E-state index in [2.05, 4.69) is 15.2 Å². The van der Waals surface area contributed by atoms with Gasteiger partial charge in [0.25, 0.3) is 11.8 Å². The van der Waals surface area contributed by atoms with Gasteiger partial charge in [-0.3, -0.25) is 9.78 Å². The Morgan fingerprint density at radius 1 is 1.44 bits per heavy atom. The van der Waals surface area contributed by atoms with E-state index in [0.29, 0.717) is 34.2 Å². The summed E-state index contributed by atoms with van der Waals surface area (Å²) in [5.74, 6) is -0.0726. The Labute approximate surface area is 151 Å². The number of hydrogen-bond donors (Lipinski definition) is 0. The highest BCUT2D eigenvalue weighted by Crippen LogP contribution is 2.30. The van der Waals surface area contributed by atoms with Crippen LogP contribution in [-0.4, -0.2) is 26.0 Å². The molecule has 0 radical (unpaired) electrons. The highest BCUT2D eigenvalue weighted by Gasteiger charge is 2.30. The quantitative estimate of drug-likeness (QED) is 0.685. The molecule has 1 unspecified atom stereocenters. The second-order valence-corrected chi connectivity index (χ2v) is 7.45. The lowest BCUT2D eigenvalue weighted by Gasteiger charge is -2.13. The molecule has 0 bridgehead atoms. The molecule has 1 atom stereocenters. The predicted molar refractivity (Wildman–Crippen MR) is 90.0 cm³/mol. The van der Waals surface area contributed by atoms with Gasteiger partial charge in [-0.05, 0) is 25.1 Å². The molecule has 25 heavy (non-hydrogen) atoms. The zero-order chi connectivity index (χ0) is 17.6. The summed E-state index contributed by atoms with van der Waals surface area (Å²) < 4.78 is 19.2. The maximum Gasteiger partial charge on any atom is 0.256 e. The molecule has 0 aliphatic carbocycles. The summed E-state index contributed by atoms with van der Waals surface area (Å²) in [5.41, 5.74) is 1.68. The van der Waals surface area contributed by atoms with E-state index in [-0.39, 0.29) is 17.7 Å². The molecule has 3 aromatic rings. The van der Waals surface area contributed by atoms with Gasteiger partial charge in [-0.2, -0.15) is 0 Å². The fourth-order valence-corrected chi connectivity index (χ4v) is 3.71. The average molecular weight is 379 g/mol. The van der Waals surface area contributed by atoms with Crippen LogP contribution >= 0.6 is 22.9 Å². The molecular formula is C16H12ClFN4O2S. The van der Waals surface area contributed by atoms with Gasteiger partial charge in [-0.1, -0.05) is 11.6 Å². The number of halogens is 2. The smallest absolute Gasteiger partial charge is 0.256 e. The largest absolute Gasteiger partial charge is 0.417 e. The molecule has 6 nitrogen and oxygen atoms in total. The zero-order valence-electron chi connectivity index (χ0n) is 13.1. The number of carbonyl (C=O) groups is 1. The summed E-state index contributed by atoms with van der Waals surface area (Å²) >= 11 is 7.38. The van der Waals surface area contributed by atoms with E-state index in [0.717, 1.165) is 4.88 Å². The van der Waals surface area contributed by atoms with Crippen LogP contribution in [0.3, 0.4) is 0 Å². The van der Waals surface area contributed by atoms with Gasteiger partial charge in [0.1, 0.15) is 0 Å². The molecule has 0 fully saturated rings. The summed E-state index contributed by atoms with van der Waals surface area (Å²) in [6.07, 6.45) is 0.205. The zero-order valence-corrected chi connectivity index (χ0v) is 14.6. The molecule has 128 valence electrons. The number of thiophene rings is 1. The number of pyridine rings is 1. The maximum atomic E-state index is 13.2. The molecule has 4 rings (SSSR count). The molecule has 0 N–H and O–H groups in total. The van der Waals surface area contributed by atoms with E-state index in [1.807, 2.05) is 12.1 Å². The third kappa shape index (κ3) is 3.03. The number of nitrogens with zero attached hydrogens (tertiary/aromatic N) is 4. The number of rotatable bonds is 4. The molecule has 0 saturated carbocycles. The fraction of sp³-hybridized carbons (Fsp3) is 0.250. The second kappa shape index (κ2) is 6.20. The first-order chi connectivity index (χ1) is 12.0. The van der Waals surface area contributed by atoms with Gasteiger partial charge in [-0.25, -0.2) is 4.39 Å². The molecule has 3 aromatic heterocycles. The lowest BCUT2D eigenvalue weighted by Crippen LogP contribution is -2.22. The van der Waals surface area contributed by atoms with Crippen LogP contribution in [0.15, 0.2) is 28.8 Å². The van der Waals surface area contributed by atoms with Crippen LogP contribution < -0.4 is 0 Å². The summed E-state index contributed by atoms with van der Waals surface area (Å²) in [7, 11) is 0. The van der Waals surface area contributed by atoms with Crippen molar-refractivity contribution in [1.82, 2.24) is 20.1 Å². The number of amides is 1. The van der Waals surface area contributed by atoms with E-state index < -0.39 is 6.17 Å². The minimum absolute atomic E-state index is 0.0991. The summed E-state index contributed by atoms with van der Waals surface area (Å²) in [6.45, 7) is 2.23. The molecular weight excluding hydrogens is 367 g/mol. The van der Waals surface area contributed by atoms with Crippen LogP contribution in [0.5, 0.6) is 0 Å². The molecule has 0 spiro atoms. The van der Waals surface area contributed by atoms with Crippen LogP contribution in [-0.2, 0) is 13.1 Å². The minimum Gasteiger partial charge on any atom is -0.417 e. The van der Waals surface area contributed by atoms with Crippen LogP contribution in [0.4, 0.5) is 4.39 Å². The van der Waals surface area contributed by atoms with E-state index in [1.54, 1.807) is 17.2 Å². The average Bonchev–Trinajstić information content (AvgIpc) is 3.29. The van der Waals surface area contributed by atoms with Crippen LogP contribution in [0.1, 0.15) is 39.9 Å². The van der Waals surface area contributed by atoms with Crippen molar-refractivity contribution in [2.45, 2.75) is 26.2 Å². The van der Waals surface area contributed by atoms with E-state index in [1.165, 1.54) is 18.3 Å². The van der Waals surface area contributed by atoms with E-state index >= 15 is 0 Å². The van der Waals surface area contributed by atoms with E-state index in [4.69, 9.17) is 16.0 Å². The lowest BCUT2D eigenvalue weighted by atomic mass is 10.1. The number of fused-ring (bicyclic) bond motifs is 1. The van der Waals surface area contributed by atoms with Gasteiger partial charge in [-0.15, -0.1) is 21.5 Å². The first-order valence-corrected chi connectivity index (χ1v) is 8.71. The highest BCUT2D eigenvalue weighted by molar-refractivity contribution is 7.16. The molecule has 4 heterocycles. The lowest BCUT2D eigenvalue weighted by molar-refractivity contribution is 0.0768. The minimum atomic E-state index is -1.35. The van der Waals surface area contributed by atoms with Crippen molar-refractivity contribution in [2.75, 3.05) is 0 Å². The normalized spacial score (nSPS) is 14.8. The summed E-state index contributed by atoms with van der Waals surface area (Å²) in [5, 5.41) is 7.47. The molecule has 1 aliphatic heterocycles. The standard InChI is InChI=1S/C16H12ClFN4O2S/c1-8(18)14-20-21-15(24-14)9-4-11-12(19-5-9)7-22(16(11)23)6-10-2-3-13(17)25-10/h2-5,8H,6-7H2,1H3. The monoisotopic (exact) mass is 378 g/mol. The van der Waals surface area contributed by atoms with Crippen molar-refractivity contribution in [2.24, 2.45) is 0 Å². The van der Waals surface area contributed by atoms with Crippen molar-refractivity contribution in [1.29, 1.82) is 0 Å². The maximum absolute atomic E-state index is 13.2. The summed E-state index contributed by atoms with van der Waals surface area (Å²) in [4.78, 5) is 19.7. The van der Waals surface area contributed by atoms with Crippen molar-refractivity contribution < 1.29 is 13.6 Å². The third-order valence-electron chi connectivity index (χ3n) is 3.83. The van der Waals surface area contributed by atoms with Crippen molar-refractivity contribution in [3.05, 3.63) is 50.8 Å². The second-order valence-electron chi connectivity index (χ2n) is 5.65. The molecule has 9 heteroatoms. The Bertz CT molecular complexity index is 955. The Morgan fingerprint density at radius 2 is 2.28 bits per heavy atom. The number of aromatic nitrogens is 3. The van der Waals surface area contributed by atoms with Crippen molar-refractivity contribution in [3.8, 4) is 11.5 Å². The SMILES string of the molecule is CC(F)c1nnc(-c2cnc3c(c2)C(=O)N(Cc2ccc(Cl)s2)C3)o1. The van der Waals surface area contributed by atoms with Gasteiger partial charge in [0.2, 0.25) is 5.89 Å². The third-order valence-corrected chi connectivity index (χ3v) is 5.05. The topological polar surface area (TPSA) is 72.1 Å². The van der Waals surface area contributed by atoms with Crippen LogP contribution in [0.2, 0.25) is 4.34 Å². The molecule has 1 amide bonds. The Kier molecular flexibility index (Phi) is 4.01. The molecule has 0 aromatic carbocycles.